The van der Waals surface area contributed by atoms with Crippen LogP contribution in [-0.4, -0.2) is 62.4 Å². The second kappa shape index (κ2) is 6.18. The number of amides is 1. The number of carbonyl (C=O) groups excluding carboxylic acids is 1. The molecule has 1 fully saturated rings. The van der Waals surface area contributed by atoms with Crippen molar-refractivity contribution in [2.75, 3.05) is 48.8 Å². The molecule has 9 heteroatoms. The average molecular weight is 332 g/mol. The van der Waals surface area contributed by atoms with Gasteiger partial charge in [0.15, 0.2) is 15.0 Å². The van der Waals surface area contributed by atoms with Crippen molar-refractivity contribution in [1.82, 2.24) is 9.88 Å². The van der Waals surface area contributed by atoms with E-state index in [1.165, 1.54) is 16.2 Å². The molecular weight excluding hydrogens is 312 g/mol. The van der Waals surface area contributed by atoms with Gasteiger partial charge in [-0.3, -0.25) is 4.79 Å². The molecule has 0 unspecified atom stereocenters. The third kappa shape index (κ3) is 3.65. The van der Waals surface area contributed by atoms with Crippen LogP contribution in [-0.2, 0) is 9.84 Å². The summed E-state index contributed by atoms with van der Waals surface area (Å²) < 4.78 is 22.8. The molecule has 0 saturated carbocycles. The number of aromatic nitrogens is 1. The number of hydrogen-bond acceptors (Lipinski definition) is 7. The van der Waals surface area contributed by atoms with E-state index in [0.717, 1.165) is 13.0 Å². The molecule has 7 nitrogen and oxygen atoms in total. The van der Waals surface area contributed by atoms with Crippen LogP contribution in [0.4, 0.5) is 10.9 Å². The second-order valence-corrected chi connectivity index (χ2v) is 8.36. The fraction of sp³-hybridized carbons (Fsp3) is 0.667. The van der Waals surface area contributed by atoms with Crippen molar-refractivity contribution in [2.45, 2.75) is 13.3 Å². The molecule has 0 aliphatic carbocycles. The summed E-state index contributed by atoms with van der Waals surface area (Å²) in [5.74, 6) is 0.0209. The van der Waals surface area contributed by atoms with Crippen molar-refractivity contribution in [1.29, 1.82) is 0 Å². The van der Waals surface area contributed by atoms with Crippen LogP contribution in [0.1, 0.15) is 23.0 Å². The van der Waals surface area contributed by atoms with Gasteiger partial charge in [-0.2, -0.15) is 0 Å². The Labute approximate surface area is 128 Å². The molecule has 1 aromatic rings. The Balaban J connectivity index is 2.13. The van der Waals surface area contributed by atoms with Gasteiger partial charge in [0.1, 0.15) is 10.7 Å². The quantitative estimate of drug-likeness (QED) is 0.859. The lowest BCUT2D eigenvalue weighted by Gasteiger charge is -2.26. The number of thiazole rings is 1. The molecule has 2 N–H and O–H groups in total. The van der Waals surface area contributed by atoms with Crippen molar-refractivity contribution < 1.29 is 13.2 Å². The minimum absolute atomic E-state index is 0.0139. The standard InChI is InChI=1S/C12H20N4O3S2/c1-3-4-15(2)12-14-10(13)9(20-12)11(17)16-5-7-21(18,19)8-6-16/h3-8,13H2,1-2H3. The molecule has 0 bridgehead atoms. The first-order chi connectivity index (χ1) is 9.84. The topological polar surface area (TPSA) is 96.6 Å². The van der Waals surface area contributed by atoms with E-state index in [2.05, 4.69) is 11.9 Å². The number of rotatable bonds is 4. The highest BCUT2D eigenvalue weighted by Gasteiger charge is 2.28. The third-order valence-corrected chi connectivity index (χ3v) is 6.14. The molecule has 1 aromatic heterocycles. The fourth-order valence-electron chi connectivity index (χ4n) is 2.13. The van der Waals surface area contributed by atoms with Crippen LogP contribution in [0.2, 0.25) is 0 Å². The maximum absolute atomic E-state index is 12.4. The predicted octanol–water partition coefficient (Wildman–Crippen LogP) is 0.442. The zero-order valence-electron chi connectivity index (χ0n) is 12.2. The van der Waals surface area contributed by atoms with Crippen LogP contribution in [0.15, 0.2) is 0 Å². The highest BCUT2D eigenvalue weighted by atomic mass is 32.2. The third-order valence-electron chi connectivity index (χ3n) is 3.35. The smallest absolute Gasteiger partial charge is 0.267 e. The van der Waals surface area contributed by atoms with Crippen molar-refractivity contribution in [2.24, 2.45) is 0 Å². The Morgan fingerprint density at radius 1 is 1.43 bits per heavy atom. The van der Waals surface area contributed by atoms with Crippen molar-refractivity contribution in [3.05, 3.63) is 4.88 Å². The van der Waals surface area contributed by atoms with Gasteiger partial charge in [0.05, 0.1) is 11.5 Å². The largest absolute Gasteiger partial charge is 0.382 e. The van der Waals surface area contributed by atoms with Gasteiger partial charge in [-0.15, -0.1) is 0 Å². The molecule has 1 aliphatic heterocycles. The zero-order chi connectivity index (χ0) is 15.6. The molecule has 21 heavy (non-hydrogen) atoms. The highest BCUT2D eigenvalue weighted by molar-refractivity contribution is 7.91. The molecule has 0 radical (unpaired) electrons. The van der Waals surface area contributed by atoms with E-state index >= 15 is 0 Å². The van der Waals surface area contributed by atoms with Crippen LogP contribution in [0, 0.1) is 0 Å². The first-order valence-corrected chi connectivity index (χ1v) is 9.45. The summed E-state index contributed by atoms with van der Waals surface area (Å²) in [6.45, 7) is 3.34. The van der Waals surface area contributed by atoms with Gasteiger partial charge in [0.2, 0.25) is 0 Å². The molecular formula is C12H20N4O3S2. The van der Waals surface area contributed by atoms with E-state index in [-0.39, 0.29) is 36.3 Å². The first kappa shape index (κ1) is 16.0. The monoisotopic (exact) mass is 332 g/mol. The Hall–Kier alpha value is -1.35. The number of sulfone groups is 1. The minimum atomic E-state index is -3.00. The number of hydrogen-bond donors (Lipinski definition) is 1. The van der Waals surface area contributed by atoms with E-state index in [9.17, 15) is 13.2 Å². The number of nitrogen functional groups attached to an aromatic ring is 1. The van der Waals surface area contributed by atoms with Crippen LogP contribution < -0.4 is 10.6 Å². The normalized spacial score (nSPS) is 17.7. The summed E-state index contributed by atoms with van der Waals surface area (Å²) in [4.78, 5) is 20.5. The predicted molar refractivity (Wildman–Crippen MR) is 84.6 cm³/mol. The summed E-state index contributed by atoms with van der Waals surface area (Å²) >= 11 is 1.26. The molecule has 1 aliphatic rings. The van der Waals surface area contributed by atoms with E-state index in [4.69, 9.17) is 5.73 Å². The molecule has 118 valence electrons. The molecule has 2 heterocycles. The SMILES string of the molecule is CCCN(C)c1nc(N)c(C(=O)N2CCS(=O)(=O)CC2)s1. The summed E-state index contributed by atoms with van der Waals surface area (Å²) in [6.07, 6.45) is 0.975. The van der Waals surface area contributed by atoms with Gasteiger partial charge in [-0.1, -0.05) is 18.3 Å². The van der Waals surface area contributed by atoms with Crippen molar-refractivity contribution >= 4 is 38.0 Å². The Morgan fingerprint density at radius 3 is 2.62 bits per heavy atom. The van der Waals surface area contributed by atoms with Crippen LogP contribution in [0.25, 0.3) is 0 Å². The number of nitrogens with two attached hydrogens (primary N) is 1. The molecule has 2 rings (SSSR count). The summed E-state index contributed by atoms with van der Waals surface area (Å²) in [6, 6.07) is 0. The van der Waals surface area contributed by atoms with Crippen molar-refractivity contribution in [3.63, 3.8) is 0 Å². The molecule has 1 amide bonds. The van der Waals surface area contributed by atoms with Crippen molar-refractivity contribution in [3.8, 4) is 0 Å². The molecule has 0 spiro atoms. The second-order valence-electron chi connectivity index (χ2n) is 5.08. The van der Waals surface area contributed by atoms with Gasteiger partial charge in [0.25, 0.3) is 5.91 Å². The lowest BCUT2D eigenvalue weighted by molar-refractivity contribution is 0.0776. The number of carbonyl (C=O) groups is 1. The van der Waals surface area contributed by atoms with Crippen LogP contribution in [0.3, 0.4) is 0 Å². The summed E-state index contributed by atoms with van der Waals surface area (Å²) in [5, 5.41) is 0.710. The van der Waals surface area contributed by atoms with Crippen LogP contribution >= 0.6 is 11.3 Å². The van der Waals surface area contributed by atoms with Crippen LogP contribution in [0.5, 0.6) is 0 Å². The minimum Gasteiger partial charge on any atom is -0.382 e. The Bertz CT molecular complexity index is 612. The maximum Gasteiger partial charge on any atom is 0.267 e. The van der Waals surface area contributed by atoms with E-state index < -0.39 is 9.84 Å². The highest BCUT2D eigenvalue weighted by Crippen LogP contribution is 2.29. The average Bonchev–Trinajstić information content (AvgIpc) is 2.80. The number of anilines is 2. The zero-order valence-corrected chi connectivity index (χ0v) is 13.8. The van der Waals surface area contributed by atoms with Gasteiger partial charge in [-0.25, -0.2) is 13.4 Å². The molecule has 0 aromatic carbocycles. The Kier molecular flexibility index (Phi) is 4.72. The molecule has 1 saturated heterocycles. The van der Waals surface area contributed by atoms with Gasteiger partial charge >= 0.3 is 0 Å². The maximum atomic E-state index is 12.4. The lowest BCUT2D eigenvalue weighted by Crippen LogP contribution is -2.43. The van der Waals surface area contributed by atoms with Gasteiger partial charge in [0, 0.05) is 26.7 Å². The van der Waals surface area contributed by atoms with E-state index in [0.29, 0.717) is 10.0 Å². The summed E-state index contributed by atoms with van der Waals surface area (Å²) in [7, 11) is -1.10. The molecule has 0 atom stereocenters. The van der Waals surface area contributed by atoms with E-state index in [1.807, 2.05) is 11.9 Å². The van der Waals surface area contributed by atoms with Gasteiger partial charge < -0.3 is 15.5 Å². The number of nitrogens with zero attached hydrogens (tertiary/aromatic N) is 3. The lowest BCUT2D eigenvalue weighted by atomic mass is 10.4. The van der Waals surface area contributed by atoms with Gasteiger partial charge in [-0.05, 0) is 6.42 Å². The summed E-state index contributed by atoms with van der Waals surface area (Å²) in [5.41, 5.74) is 5.84. The Morgan fingerprint density at radius 2 is 2.05 bits per heavy atom. The first-order valence-electron chi connectivity index (χ1n) is 6.81. The fourth-order valence-corrected chi connectivity index (χ4v) is 4.27. The van der Waals surface area contributed by atoms with E-state index in [1.54, 1.807) is 0 Å².